The first-order valence-corrected chi connectivity index (χ1v) is 23.8. The van der Waals surface area contributed by atoms with Gasteiger partial charge >= 0.3 is 0 Å². The van der Waals surface area contributed by atoms with Gasteiger partial charge in [-0.25, -0.2) is 6.07 Å². The van der Waals surface area contributed by atoms with Crippen molar-refractivity contribution in [1.82, 2.24) is 15.0 Å². The third-order valence-electron chi connectivity index (χ3n) is 12.5. The van der Waals surface area contributed by atoms with Crippen LogP contribution in [0.5, 0.6) is 11.5 Å². The first-order valence-electron chi connectivity index (χ1n) is 23.8. The molecule has 0 unspecified atom stereocenters. The number of hydrogen-bond acceptors (Lipinski definition) is 10. The second kappa shape index (κ2) is 23.1. The normalized spacial score (nSPS) is 13.1. The predicted molar refractivity (Wildman–Crippen MR) is 284 cm³/mol. The topological polar surface area (TPSA) is 67.3 Å². The van der Waals surface area contributed by atoms with E-state index in [-0.39, 0.29) is 41.2 Å². The molecular formula is C61H49IrN9OPt-8. The fourth-order valence-corrected chi connectivity index (χ4v) is 9.42. The van der Waals surface area contributed by atoms with Crippen molar-refractivity contribution < 1.29 is 45.9 Å². The number of para-hydroxylation sites is 8. The van der Waals surface area contributed by atoms with E-state index in [1.165, 1.54) is 45.1 Å². The van der Waals surface area contributed by atoms with Crippen molar-refractivity contribution in [2.45, 2.75) is 33.6 Å². The van der Waals surface area contributed by atoms with Gasteiger partial charge < -0.3 is 49.1 Å². The fraction of sp³-hybridized carbons (Fsp3) is 0.115. The van der Waals surface area contributed by atoms with Crippen molar-refractivity contribution in [2.75, 3.05) is 42.5 Å². The number of hydrogen-bond donors (Lipinski definition) is 0. The minimum absolute atomic E-state index is 0. The Morgan fingerprint density at radius 3 is 1.53 bits per heavy atom. The summed E-state index contributed by atoms with van der Waals surface area (Å²) in [5.41, 5.74) is 16.0. The van der Waals surface area contributed by atoms with Crippen LogP contribution in [0, 0.1) is 71.1 Å². The summed E-state index contributed by atoms with van der Waals surface area (Å²) in [4.78, 5) is 26.6. The molecule has 0 fully saturated rings. The molecule has 0 saturated carbocycles. The zero-order chi connectivity index (χ0) is 48.1. The number of aromatic nitrogens is 3. The molecule has 0 saturated heterocycles. The van der Waals surface area contributed by atoms with E-state index in [1.54, 1.807) is 36.9 Å². The van der Waals surface area contributed by atoms with E-state index < -0.39 is 0 Å². The minimum atomic E-state index is 0. The molecule has 0 N–H and O–H groups in total. The van der Waals surface area contributed by atoms with Crippen molar-refractivity contribution in [3.63, 3.8) is 0 Å². The van der Waals surface area contributed by atoms with Crippen LogP contribution in [0.4, 0.5) is 56.9 Å². The van der Waals surface area contributed by atoms with Gasteiger partial charge in [-0.1, -0.05) is 66.0 Å². The first kappa shape index (κ1) is 50.6. The molecule has 12 rings (SSSR count). The number of nitrogens with zero attached hydrogens (tertiary/aromatic N) is 9. The second-order valence-corrected chi connectivity index (χ2v) is 17.4. The van der Waals surface area contributed by atoms with E-state index in [0.717, 1.165) is 54.4 Å². The number of fused-ring (bicyclic) bond motifs is 3. The molecule has 6 heterocycles. The molecule has 3 aliphatic rings. The van der Waals surface area contributed by atoms with Crippen LogP contribution in [0.1, 0.15) is 29.5 Å². The predicted octanol–water partition coefficient (Wildman–Crippen LogP) is 14.0. The zero-order valence-electron chi connectivity index (χ0n) is 40.4. The summed E-state index contributed by atoms with van der Waals surface area (Å²) in [5, 5.41) is 0. The molecule has 12 heteroatoms. The van der Waals surface area contributed by atoms with Crippen LogP contribution in [-0.4, -0.2) is 28.0 Å². The van der Waals surface area contributed by atoms with Crippen LogP contribution >= 0.6 is 0 Å². The molecule has 0 spiro atoms. The summed E-state index contributed by atoms with van der Waals surface area (Å²) in [6.45, 7) is 14.9. The number of unbranched alkanes of at least 4 members (excludes halogenated alkanes) is 1. The monoisotopic (exact) mass is 1310 g/mol. The number of aryl methyl sites for hydroxylation is 3. The van der Waals surface area contributed by atoms with E-state index in [1.807, 2.05) is 36.4 Å². The molecule has 371 valence electrons. The Bertz CT molecular complexity index is 3150. The van der Waals surface area contributed by atoms with Crippen molar-refractivity contribution in [3.8, 4) is 22.9 Å². The zero-order valence-corrected chi connectivity index (χ0v) is 45.1. The number of anilines is 10. The molecule has 0 aliphatic carbocycles. The summed E-state index contributed by atoms with van der Waals surface area (Å²) in [5.74, 6) is 0.973. The quantitative estimate of drug-likeness (QED) is 0.0873. The van der Waals surface area contributed by atoms with Crippen molar-refractivity contribution in [2.24, 2.45) is 0 Å². The smallest absolute Gasteiger partial charge is 0.0344 e. The molecule has 3 aliphatic heterocycles. The minimum Gasteiger partial charge on any atom is -0.509 e. The number of ether oxygens (including phenoxy) is 1. The maximum atomic E-state index is 6.08. The second-order valence-electron chi connectivity index (χ2n) is 17.4. The van der Waals surface area contributed by atoms with Crippen LogP contribution < -0.4 is 34.1 Å². The SMILES string of the molecule is Cc1cc(C)c(N2[CH-]N(c3[c-]c(Oc4[c-]c(-c5[c-]cccn5)ncc4)cnc3)c3ccccc32)c(C)c1.[Ir].[Pt].[c-]1ccccc1N1[CH-]N(CCCCN2[CH-]N(c3[c-]cccc3)c3ccccc32)c2ccccc21. The largest absolute Gasteiger partial charge is 0.509 e. The van der Waals surface area contributed by atoms with Crippen molar-refractivity contribution in [3.05, 3.63) is 243 Å². The van der Waals surface area contributed by atoms with Crippen LogP contribution in [0.25, 0.3) is 11.4 Å². The Labute approximate surface area is 457 Å². The Morgan fingerprint density at radius 1 is 0.479 bits per heavy atom. The molecule has 73 heavy (non-hydrogen) atoms. The molecular weight excluding hydrogens is 1260 g/mol. The molecule has 0 atom stereocenters. The summed E-state index contributed by atoms with van der Waals surface area (Å²) >= 11 is 0. The van der Waals surface area contributed by atoms with Crippen LogP contribution in [0.15, 0.2) is 176 Å². The molecule has 3 aromatic heterocycles. The maximum Gasteiger partial charge on any atom is 0.0344 e. The van der Waals surface area contributed by atoms with Gasteiger partial charge in [-0.3, -0.25) is 0 Å². The fourth-order valence-electron chi connectivity index (χ4n) is 9.42. The molecule has 0 amide bonds. The summed E-state index contributed by atoms with van der Waals surface area (Å²) in [7, 11) is 0. The number of pyridine rings is 3. The van der Waals surface area contributed by atoms with Crippen molar-refractivity contribution >= 4 is 56.9 Å². The van der Waals surface area contributed by atoms with Crippen LogP contribution in [0.2, 0.25) is 0 Å². The molecule has 6 aromatic carbocycles. The van der Waals surface area contributed by atoms with Crippen LogP contribution in [0.3, 0.4) is 0 Å². The van der Waals surface area contributed by atoms with Gasteiger partial charge in [0, 0.05) is 92.5 Å². The van der Waals surface area contributed by atoms with E-state index in [4.69, 9.17) is 4.74 Å². The Balaban J connectivity index is 0.000000175. The van der Waals surface area contributed by atoms with E-state index in [9.17, 15) is 0 Å². The Kier molecular flexibility index (Phi) is 16.0. The van der Waals surface area contributed by atoms with Gasteiger partial charge in [0.25, 0.3) is 0 Å². The van der Waals surface area contributed by atoms with E-state index in [0.29, 0.717) is 22.9 Å². The van der Waals surface area contributed by atoms with E-state index >= 15 is 0 Å². The maximum absolute atomic E-state index is 6.08. The molecule has 1 radical (unpaired) electrons. The standard InChI is InChI=1S/C31H23N5O.C30H26N4.Ir.Pt/c1-21-14-22(2)31(23(3)15-21)36-20-35(29-9-4-5-10-30(29)36)24-16-26(19-32-18-24)37-25-11-13-34-28(17-25)27-8-6-7-12-33-27;1-3-13-25(14-4-1)33-23-31(27-17-7-9-19-29(27)33)21-11-12-22-32-24-34(26-15-5-2-6-16-26)30-20-10-8-18-28(30)32;;/h4-7,9-15,18-20H,1-3H3;1-10,13,15,17-20,23-24H,11-12,21-22H2;;/q2*-4;;. The number of benzene rings is 6. The summed E-state index contributed by atoms with van der Waals surface area (Å²) < 4.78 is 6.08. The summed E-state index contributed by atoms with van der Waals surface area (Å²) in [6, 6.07) is 67.8. The third-order valence-corrected chi connectivity index (χ3v) is 12.5. The van der Waals surface area contributed by atoms with Gasteiger partial charge in [-0.2, -0.15) is 86.1 Å². The van der Waals surface area contributed by atoms with Gasteiger partial charge in [-0.15, -0.1) is 47.6 Å². The Hall–Kier alpha value is -7.29. The molecule has 0 bridgehead atoms. The molecule has 9 aromatic rings. The van der Waals surface area contributed by atoms with Crippen LogP contribution in [-0.2, 0) is 41.2 Å². The first-order chi connectivity index (χ1) is 34.9. The molecule has 10 nitrogen and oxygen atoms in total. The Morgan fingerprint density at radius 2 is 0.986 bits per heavy atom. The average molecular weight is 1310 g/mol. The average Bonchev–Trinajstić information content (AvgIpc) is 4.11. The van der Waals surface area contributed by atoms with E-state index in [2.05, 4.69) is 219 Å². The van der Waals surface area contributed by atoms with Crippen molar-refractivity contribution in [1.29, 1.82) is 0 Å². The van der Waals surface area contributed by atoms with Gasteiger partial charge in [0.05, 0.1) is 0 Å². The van der Waals surface area contributed by atoms with Gasteiger partial charge in [0.15, 0.2) is 0 Å². The van der Waals surface area contributed by atoms with Gasteiger partial charge in [-0.05, 0) is 113 Å². The van der Waals surface area contributed by atoms with Gasteiger partial charge in [0.2, 0.25) is 0 Å². The van der Waals surface area contributed by atoms with Gasteiger partial charge in [0.1, 0.15) is 0 Å². The number of rotatable bonds is 12. The third kappa shape index (κ3) is 10.9. The summed E-state index contributed by atoms with van der Waals surface area (Å²) in [6.07, 6.45) is 8.97.